The molecule has 11 nitrogen and oxygen atoms in total. The Bertz CT molecular complexity index is 1700. The predicted octanol–water partition coefficient (Wildman–Crippen LogP) is 4.19. The average Bonchev–Trinajstić information content (AvgIpc) is 3.44. The molecular formula is C32H36ClF3N8O3. The van der Waals surface area contributed by atoms with Gasteiger partial charge in [0.1, 0.15) is 0 Å². The fourth-order valence-electron chi connectivity index (χ4n) is 7.16. The van der Waals surface area contributed by atoms with Crippen molar-refractivity contribution in [2.75, 3.05) is 31.5 Å². The Kier molecular flexibility index (Phi) is 8.27. The largest absolute Gasteiger partial charge is 0.435 e. The number of carbonyl (C=O) groups excluding carboxylic acids is 3. The molecule has 47 heavy (non-hydrogen) atoms. The number of imidazole rings is 1. The minimum Gasteiger partial charge on any atom is -0.349 e. The van der Waals surface area contributed by atoms with Crippen LogP contribution in [0.5, 0.6) is 0 Å². The summed E-state index contributed by atoms with van der Waals surface area (Å²) < 4.78 is 44.3. The second-order valence-corrected chi connectivity index (χ2v) is 13.6. The molecule has 4 aliphatic rings. The van der Waals surface area contributed by atoms with Gasteiger partial charge in [-0.3, -0.25) is 19.1 Å². The summed E-state index contributed by atoms with van der Waals surface area (Å²) in [5.74, 6) is -0.0393. The van der Waals surface area contributed by atoms with E-state index in [1.807, 2.05) is 4.90 Å². The number of carbonyl (C=O) groups is 3. The van der Waals surface area contributed by atoms with Crippen LogP contribution in [0, 0.1) is 23.7 Å². The van der Waals surface area contributed by atoms with Crippen LogP contribution in [-0.4, -0.2) is 74.2 Å². The van der Waals surface area contributed by atoms with Gasteiger partial charge in [0.15, 0.2) is 11.5 Å². The molecule has 2 aliphatic carbocycles. The molecule has 4 heterocycles. The Morgan fingerprint density at radius 1 is 1.06 bits per heavy atom. The maximum absolute atomic E-state index is 13.9. The molecule has 4 fully saturated rings. The summed E-state index contributed by atoms with van der Waals surface area (Å²) in [6.45, 7) is 3.42. The summed E-state index contributed by atoms with van der Waals surface area (Å²) in [6.07, 6.45) is 2.62. The fraction of sp³-hybridized carbons (Fsp3) is 0.531. The topological polar surface area (TPSA) is 126 Å². The van der Waals surface area contributed by atoms with Crippen LogP contribution in [0.4, 0.5) is 18.9 Å². The van der Waals surface area contributed by atoms with E-state index in [0.717, 1.165) is 45.2 Å². The zero-order valence-corrected chi connectivity index (χ0v) is 26.6. The molecule has 3 amide bonds. The average molecular weight is 673 g/mol. The Hall–Kier alpha value is -3.91. The maximum Gasteiger partial charge on any atom is 0.435 e. The van der Waals surface area contributed by atoms with Crippen LogP contribution in [0.15, 0.2) is 30.6 Å². The molecular weight excluding hydrogens is 637 g/mol. The van der Waals surface area contributed by atoms with Crippen LogP contribution in [-0.2, 0) is 24.6 Å². The van der Waals surface area contributed by atoms with Crippen LogP contribution in [0.1, 0.15) is 58.8 Å². The van der Waals surface area contributed by atoms with Gasteiger partial charge in [-0.2, -0.15) is 18.3 Å². The molecule has 3 aromatic rings. The molecule has 0 radical (unpaired) electrons. The van der Waals surface area contributed by atoms with Gasteiger partial charge < -0.3 is 25.4 Å². The summed E-state index contributed by atoms with van der Waals surface area (Å²) in [5.41, 5.74) is -0.526. The molecule has 0 bridgehead atoms. The van der Waals surface area contributed by atoms with E-state index in [0.29, 0.717) is 31.2 Å². The molecule has 2 saturated carbocycles. The first kappa shape index (κ1) is 31.7. The molecule has 2 aromatic heterocycles. The zero-order chi connectivity index (χ0) is 33.0. The SMILES string of the molecule is Cn1c(-c2cn(CC3CCC3)nc2C(F)(F)F)cnc1C(=O)Nc1ccc(C(=O)N[C@H]2[C@@H]3CN(C(=O)C4CCNCC4)C[C@@H]32)c(Cl)c1. The number of hydrogen-bond acceptors (Lipinski definition) is 6. The van der Waals surface area contributed by atoms with Crippen molar-refractivity contribution < 1.29 is 27.6 Å². The summed E-state index contributed by atoms with van der Waals surface area (Å²) in [6, 6.07) is 4.46. The van der Waals surface area contributed by atoms with Crippen molar-refractivity contribution in [1.82, 2.24) is 34.9 Å². The first-order chi connectivity index (χ1) is 22.5. The van der Waals surface area contributed by atoms with Crippen LogP contribution >= 0.6 is 11.6 Å². The van der Waals surface area contributed by atoms with Gasteiger partial charge in [0.2, 0.25) is 5.91 Å². The highest BCUT2D eigenvalue weighted by Crippen LogP contribution is 2.46. The summed E-state index contributed by atoms with van der Waals surface area (Å²) in [4.78, 5) is 45.1. The van der Waals surface area contributed by atoms with Crippen molar-refractivity contribution in [3.05, 3.63) is 52.7 Å². The number of nitrogens with zero attached hydrogens (tertiary/aromatic N) is 5. The second kappa shape index (κ2) is 12.3. The minimum absolute atomic E-state index is 0.0178. The molecule has 0 spiro atoms. The summed E-state index contributed by atoms with van der Waals surface area (Å²) >= 11 is 6.45. The lowest BCUT2D eigenvalue weighted by molar-refractivity contribution is -0.141. The van der Waals surface area contributed by atoms with Gasteiger partial charge >= 0.3 is 6.18 Å². The van der Waals surface area contributed by atoms with Gasteiger partial charge in [-0.05, 0) is 62.9 Å². The van der Waals surface area contributed by atoms with Crippen molar-refractivity contribution in [3.63, 3.8) is 0 Å². The lowest BCUT2D eigenvalue weighted by Crippen LogP contribution is -2.43. The molecule has 2 saturated heterocycles. The van der Waals surface area contributed by atoms with Gasteiger partial charge in [-0.25, -0.2) is 4.98 Å². The number of fused-ring (bicyclic) bond motifs is 1. The third-order valence-electron chi connectivity index (χ3n) is 10.1. The molecule has 250 valence electrons. The number of benzene rings is 1. The van der Waals surface area contributed by atoms with Crippen molar-refractivity contribution >= 4 is 35.0 Å². The second-order valence-electron chi connectivity index (χ2n) is 13.2. The Balaban J connectivity index is 0.971. The number of nitrogens with one attached hydrogen (secondary N) is 3. The van der Waals surface area contributed by atoms with Gasteiger partial charge in [0.05, 0.1) is 28.0 Å². The van der Waals surface area contributed by atoms with E-state index >= 15 is 0 Å². The molecule has 3 atom stereocenters. The summed E-state index contributed by atoms with van der Waals surface area (Å²) in [7, 11) is 1.47. The van der Waals surface area contributed by atoms with E-state index in [9.17, 15) is 27.6 Å². The third kappa shape index (κ3) is 6.24. The number of hydrogen-bond donors (Lipinski definition) is 3. The van der Waals surface area contributed by atoms with E-state index in [4.69, 9.17) is 11.6 Å². The number of halogens is 4. The van der Waals surface area contributed by atoms with E-state index in [1.54, 1.807) is 0 Å². The van der Waals surface area contributed by atoms with E-state index in [-0.39, 0.29) is 63.3 Å². The number of amides is 3. The maximum atomic E-state index is 13.9. The third-order valence-corrected chi connectivity index (χ3v) is 10.4. The van der Waals surface area contributed by atoms with Crippen molar-refractivity contribution in [3.8, 4) is 11.3 Å². The van der Waals surface area contributed by atoms with E-state index < -0.39 is 17.8 Å². The van der Waals surface area contributed by atoms with Crippen LogP contribution < -0.4 is 16.0 Å². The molecule has 2 aliphatic heterocycles. The normalized spacial score (nSPS) is 22.9. The van der Waals surface area contributed by atoms with Crippen LogP contribution in [0.25, 0.3) is 11.3 Å². The predicted molar refractivity (Wildman–Crippen MR) is 167 cm³/mol. The highest BCUT2D eigenvalue weighted by molar-refractivity contribution is 6.34. The Labute approximate surface area is 274 Å². The van der Waals surface area contributed by atoms with Crippen molar-refractivity contribution in [2.24, 2.45) is 30.7 Å². The lowest BCUT2D eigenvalue weighted by Gasteiger charge is -2.28. The Morgan fingerprint density at radius 3 is 2.43 bits per heavy atom. The standard InChI is InChI=1S/C32H36ClF3N8O3/c1-42-25(23-16-44(13-17-3-2-4-17)41-27(23)32(34,35)36)12-38-28(42)30(46)39-19-5-6-20(24(33)11-19)29(45)40-26-21-14-43(15-22(21)26)31(47)18-7-9-37-10-8-18/h5-6,11-12,16-18,21-22,26,37H,2-4,7-10,13-15H2,1H3,(H,39,46)(H,40,45)/t21-,22+,26+. The number of likely N-dealkylation sites (tertiary alicyclic amines) is 1. The zero-order valence-electron chi connectivity index (χ0n) is 25.8. The first-order valence-electron chi connectivity index (χ1n) is 16.1. The number of anilines is 1. The minimum atomic E-state index is -4.68. The van der Waals surface area contributed by atoms with Crippen LogP contribution in [0.2, 0.25) is 5.02 Å². The molecule has 1 aromatic carbocycles. The van der Waals surface area contributed by atoms with Gasteiger partial charge in [0.25, 0.3) is 11.8 Å². The first-order valence-corrected chi connectivity index (χ1v) is 16.4. The number of piperidine rings is 2. The van der Waals surface area contributed by atoms with Crippen molar-refractivity contribution in [2.45, 2.75) is 50.9 Å². The summed E-state index contributed by atoms with van der Waals surface area (Å²) in [5, 5.41) is 12.9. The molecule has 3 N–H and O–H groups in total. The van der Waals surface area contributed by atoms with Crippen molar-refractivity contribution in [1.29, 1.82) is 0 Å². The van der Waals surface area contributed by atoms with E-state index in [1.165, 1.54) is 46.9 Å². The van der Waals surface area contributed by atoms with Gasteiger partial charge in [-0.1, -0.05) is 18.0 Å². The monoisotopic (exact) mass is 672 g/mol. The van der Waals surface area contributed by atoms with Gasteiger partial charge in [0, 0.05) is 62.4 Å². The number of aromatic nitrogens is 4. The quantitative estimate of drug-likeness (QED) is 0.330. The highest BCUT2D eigenvalue weighted by atomic mass is 35.5. The smallest absolute Gasteiger partial charge is 0.349 e. The highest BCUT2D eigenvalue weighted by Gasteiger charge is 2.57. The fourth-order valence-corrected chi connectivity index (χ4v) is 7.43. The number of rotatable bonds is 8. The van der Waals surface area contributed by atoms with Gasteiger partial charge in [-0.15, -0.1) is 0 Å². The lowest BCUT2D eigenvalue weighted by atomic mass is 9.85. The number of alkyl halides is 3. The molecule has 7 rings (SSSR count). The Morgan fingerprint density at radius 2 is 1.79 bits per heavy atom. The van der Waals surface area contributed by atoms with E-state index in [2.05, 4.69) is 26.0 Å². The molecule has 15 heteroatoms. The van der Waals surface area contributed by atoms with Crippen LogP contribution in [0.3, 0.4) is 0 Å². The molecule has 0 unspecified atom stereocenters.